The predicted octanol–water partition coefficient (Wildman–Crippen LogP) is 2.35. The highest BCUT2D eigenvalue weighted by atomic mass is 16.3. The van der Waals surface area contributed by atoms with Gasteiger partial charge in [0.2, 0.25) is 0 Å². The molecule has 5 nitrogen and oxygen atoms in total. The molecule has 0 aliphatic carbocycles. The number of hydrogen-bond donors (Lipinski definition) is 1. The van der Waals surface area contributed by atoms with Crippen LogP contribution in [0.15, 0.2) is 22.6 Å². The smallest absolute Gasteiger partial charge is 0.251 e. The van der Waals surface area contributed by atoms with Crippen molar-refractivity contribution in [1.29, 1.82) is 0 Å². The summed E-state index contributed by atoms with van der Waals surface area (Å²) in [6.07, 6.45) is 2.38. The van der Waals surface area contributed by atoms with E-state index in [-0.39, 0.29) is 11.9 Å². The number of fused-ring (bicyclic) bond motifs is 4. The molecule has 1 aromatic carbocycles. The lowest BCUT2D eigenvalue weighted by atomic mass is 9.80. The van der Waals surface area contributed by atoms with Gasteiger partial charge in [-0.05, 0) is 50.4 Å². The lowest BCUT2D eigenvalue weighted by Gasteiger charge is -2.48. The second-order valence-electron chi connectivity index (χ2n) is 6.62. The first kappa shape index (κ1) is 13.8. The standard InChI is InChI=1S/C17H21N3O2/c1-10-7-12-5-6-20(10)9-15(12)19-17(21)13-3-4-16-14(8-13)18-11(2)22-16/h3-4,8,10,12,15H,5-7,9H2,1-2H3,(H,19,21). The average molecular weight is 299 g/mol. The maximum Gasteiger partial charge on any atom is 0.251 e. The van der Waals surface area contributed by atoms with Crippen LogP contribution in [0.1, 0.15) is 36.0 Å². The Morgan fingerprint density at radius 2 is 2.32 bits per heavy atom. The Bertz CT molecular complexity index is 724. The van der Waals surface area contributed by atoms with E-state index in [1.165, 1.54) is 19.4 Å². The molecule has 1 N–H and O–H groups in total. The van der Waals surface area contributed by atoms with Gasteiger partial charge in [0.1, 0.15) is 5.52 Å². The van der Waals surface area contributed by atoms with E-state index < -0.39 is 0 Å². The van der Waals surface area contributed by atoms with Crippen LogP contribution >= 0.6 is 0 Å². The van der Waals surface area contributed by atoms with Crippen LogP contribution in [0.3, 0.4) is 0 Å². The molecule has 1 aromatic heterocycles. The first-order valence-corrected chi connectivity index (χ1v) is 8.02. The SMILES string of the molecule is Cc1nc2cc(C(=O)NC3CN4CCC3CC4C)ccc2o1. The number of carbonyl (C=O) groups excluding carboxylic acids is 1. The zero-order valence-corrected chi connectivity index (χ0v) is 13.0. The van der Waals surface area contributed by atoms with Crippen molar-refractivity contribution in [3.05, 3.63) is 29.7 Å². The van der Waals surface area contributed by atoms with Crippen molar-refractivity contribution in [1.82, 2.24) is 15.2 Å². The summed E-state index contributed by atoms with van der Waals surface area (Å²) in [6, 6.07) is 6.37. The molecule has 3 saturated heterocycles. The van der Waals surface area contributed by atoms with E-state index in [1.54, 1.807) is 0 Å². The van der Waals surface area contributed by atoms with E-state index >= 15 is 0 Å². The largest absolute Gasteiger partial charge is 0.441 e. The second-order valence-corrected chi connectivity index (χ2v) is 6.62. The molecule has 4 heterocycles. The highest BCUT2D eigenvalue weighted by molar-refractivity contribution is 5.97. The number of hydrogen-bond acceptors (Lipinski definition) is 4. The summed E-state index contributed by atoms with van der Waals surface area (Å²) >= 11 is 0. The number of benzene rings is 1. The minimum absolute atomic E-state index is 0.00560. The molecule has 5 rings (SSSR count). The Morgan fingerprint density at radius 3 is 3.05 bits per heavy atom. The zero-order valence-electron chi connectivity index (χ0n) is 13.0. The fourth-order valence-electron chi connectivity index (χ4n) is 3.89. The summed E-state index contributed by atoms with van der Waals surface area (Å²) in [5.41, 5.74) is 2.13. The number of rotatable bonds is 2. The Morgan fingerprint density at radius 1 is 1.45 bits per heavy atom. The van der Waals surface area contributed by atoms with Gasteiger partial charge in [0.15, 0.2) is 11.5 Å². The summed E-state index contributed by atoms with van der Waals surface area (Å²) in [7, 11) is 0. The van der Waals surface area contributed by atoms with Crippen LogP contribution in [0, 0.1) is 12.8 Å². The highest BCUT2D eigenvalue weighted by Gasteiger charge is 2.38. The van der Waals surface area contributed by atoms with Gasteiger partial charge < -0.3 is 9.73 Å². The summed E-state index contributed by atoms with van der Waals surface area (Å²) < 4.78 is 5.46. The van der Waals surface area contributed by atoms with Gasteiger partial charge in [-0.15, -0.1) is 0 Å². The van der Waals surface area contributed by atoms with E-state index in [0.29, 0.717) is 23.4 Å². The summed E-state index contributed by atoms with van der Waals surface area (Å²) in [4.78, 5) is 19.3. The molecule has 4 unspecified atom stereocenters. The van der Waals surface area contributed by atoms with Crippen molar-refractivity contribution >= 4 is 17.0 Å². The van der Waals surface area contributed by atoms with Crippen LogP contribution in [-0.4, -0.2) is 41.0 Å². The van der Waals surface area contributed by atoms with Crippen molar-refractivity contribution in [2.45, 2.75) is 38.8 Å². The number of aromatic nitrogens is 1. The molecule has 0 saturated carbocycles. The Hall–Kier alpha value is -1.88. The zero-order chi connectivity index (χ0) is 15.3. The minimum Gasteiger partial charge on any atom is -0.441 e. The van der Waals surface area contributed by atoms with Gasteiger partial charge in [0.25, 0.3) is 5.91 Å². The number of carbonyl (C=O) groups is 1. The Balaban J connectivity index is 1.51. The molecule has 1 amide bonds. The number of oxazole rings is 1. The predicted molar refractivity (Wildman–Crippen MR) is 83.8 cm³/mol. The third-order valence-electron chi connectivity index (χ3n) is 5.13. The molecule has 4 atom stereocenters. The highest BCUT2D eigenvalue weighted by Crippen LogP contribution is 2.32. The van der Waals surface area contributed by atoms with E-state index in [1.807, 2.05) is 25.1 Å². The number of piperidine rings is 3. The molecule has 0 spiro atoms. The number of amides is 1. The molecule has 5 heteroatoms. The first-order chi connectivity index (χ1) is 10.6. The van der Waals surface area contributed by atoms with Crippen LogP contribution in [0.25, 0.3) is 11.1 Å². The quantitative estimate of drug-likeness (QED) is 0.925. The van der Waals surface area contributed by atoms with E-state index in [4.69, 9.17) is 4.42 Å². The lowest BCUT2D eigenvalue weighted by Crippen LogP contribution is -2.60. The topological polar surface area (TPSA) is 58.4 Å². The van der Waals surface area contributed by atoms with Gasteiger partial charge in [0.05, 0.1) is 0 Å². The summed E-state index contributed by atoms with van der Waals surface area (Å²) in [5, 5.41) is 3.22. The molecule has 116 valence electrons. The van der Waals surface area contributed by atoms with Crippen molar-refractivity contribution in [3.63, 3.8) is 0 Å². The normalized spacial score (nSPS) is 30.6. The van der Waals surface area contributed by atoms with E-state index in [2.05, 4.69) is 22.1 Å². The first-order valence-electron chi connectivity index (χ1n) is 8.02. The van der Waals surface area contributed by atoms with Crippen LogP contribution in [0.5, 0.6) is 0 Å². The monoisotopic (exact) mass is 299 g/mol. The fraction of sp³-hybridized carbons (Fsp3) is 0.529. The third-order valence-corrected chi connectivity index (χ3v) is 5.13. The summed E-state index contributed by atoms with van der Waals surface area (Å²) in [5.74, 6) is 1.23. The molecule has 3 fully saturated rings. The van der Waals surface area contributed by atoms with Gasteiger partial charge in [0, 0.05) is 31.1 Å². The van der Waals surface area contributed by atoms with E-state index in [0.717, 1.165) is 17.6 Å². The molecule has 22 heavy (non-hydrogen) atoms. The number of nitrogens with one attached hydrogen (secondary N) is 1. The van der Waals surface area contributed by atoms with Gasteiger partial charge in [-0.1, -0.05) is 0 Å². The van der Waals surface area contributed by atoms with Gasteiger partial charge in [-0.3, -0.25) is 9.69 Å². The van der Waals surface area contributed by atoms with Crippen molar-refractivity contribution in [3.8, 4) is 0 Å². The molecule has 0 radical (unpaired) electrons. The lowest BCUT2D eigenvalue weighted by molar-refractivity contribution is 0.0274. The van der Waals surface area contributed by atoms with Gasteiger partial charge in [-0.25, -0.2) is 4.98 Å². The second kappa shape index (κ2) is 5.09. The van der Waals surface area contributed by atoms with Crippen molar-refractivity contribution in [2.24, 2.45) is 5.92 Å². The van der Waals surface area contributed by atoms with Crippen LogP contribution in [-0.2, 0) is 0 Å². The average Bonchev–Trinajstić information content (AvgIpc) is 2.87. The third kappa shape index (κ3) is 2.29. The molecule has 3 aliphatic heterocycles. The van der Waals surface area contributed by atoms with Crippen LogP contribution in [0.4, 0.5) is 0 Å². The Kier molecular flexibility index (Phi) is 3.18. The van der Waals surface area contributed by atoms with Gasteiger partial charge in [-0.2, -0.15) is 0 Å². The molecule has 2 aromatic rings. The minimum atomic E-state index is -0.00560. The fourth-order valence-corrected chi connectivity index (χ4v) is 3.89. The summed E-state index contributed by atoms with van der Waals surface area (Å²) in [6.45, 7) is 6.24. The molecular weight excluding hydrogens is 278 g/mol. The Labute approximate surface area is 129 Å². The molecule has 3 aliphatic rings. The van der Waals surface area contributed by atoms with E-state index in [9.17, 15) is 4.79 Å². The molecular formula is C17H21N3O2. The number of aryl methyl sites for hydroxylation is 1. The van der Waals surface area contributed by atoms with Crippen molar-refractivity contribution in [2.75, 3.05) is 13.1 Å². The van der Waals surface area contributed by atoms with Crippen LogP contribution in [0.2, 0.25) is 0 Å². The number of nitrogens with zero attached hydrogens (tertiary/aromatic N) is 2. The maximum absolute atomic E-state index is 12.5. The van der Waals surface area contributed by atoms with Crippen LogP contribution < -0.4 is 5.32 Å². The van der Waals surface area contributed by atoms with Crippen molar-refractivity contribution < 1.29 is 9.21 Å². The molecule has 2 bridgehead atoms. The maximum atomic E-state index is 12.5. The van der Waals surface area contributed by atoms with Gasteiger partial charge >= 0.3 is 0 Å².